The van der Waals surface area contributed by atoms with Crippen LogP contribution in [0.3, 0.4) is 0 Å². The Balaban J connectivity index is 1.19. The summed E-state index contributed by atoms with van der Waals surface area (Å²) in [6.45, 7) is 4.36. The molecule has 0 radical (unpaired) electrons. The average molecular weight is 435 g/mol. The number of halogens is 1. The standard InChI is InChI=1S/C21H27ClN4O4/c22-16-3-1-2-4-17(16)30-14-13-25-9-11-26(12-10-25)18(27)15-5-7-21(8-6-15)19(28)23-20(29)24-21/h1-4,15H,5-14H2,(H2,23,24,28,29). The van der Waals surface area contributed by atoms with Crippen LogP contribution in [0.1, 0.15) is 25.7 Å². The van der Waals surface area contributed by atoms with Crippen LogP contribution in [-0.4, -0.2) is 72.5 Å². The molecule has 0 unspecified atom stereocenters. The van der Waals surface area contributed by atoms with Crippen LogP contribution in [0.2, 0.25) is 5.02 Å². The zero-order valence-electron chi connectivity index (χ0n) is 16.9. The molecule has 1 aromatic carbocycles. The molecule has 1 aliphatic carbocycles. The minimum atomic E-state index is -0.811. The van der Waals surface area contributed by atoms with Crippen molar-refractivity contribution in [2.75, 3.05) is 39.3 Å². The van der Waals surface area contributed by atoms with E-state index in [-0.39, 0.29) is 17.7 Å². The maximum Gasteiger partial charge on any atom is 0.322 e. The third kappa shape index (κ3) is 4.39. The van der Waals surface area contributed by atoms with Gasteiger partial charge in [0.1, 0.15) is 17.9 Å². The van der Waals surface area contributed by atoms with Crippen molar-refractivity contribution < 1.29 is 19.1 Å². The Kier molecular flexibility index (Phi) is 6.15. The molecular weight excluding hydrogens is 408 g/mol. The third-order valence-corrected chi connectivity index (χ3v) is 6.70. The number of urea groups is 1. The van der Waals surface area contributed by atoms with Crippen LogP contribution in [0.4, 0.5) is 4.79 Å². The number of piperazine rings is 1. The van der Waals surface area contributed by atoms with Gasteiger partial charge in [-0.3, -0.25) is 19.8 Å². The lowest BCUT2D eigenvalue weighted by atomic mass is 9.76. The summed E-state index contributed by atoms with van der Waals surface area (Å²) in [5.74, 6) is 0.527. The minimum absolute atomic E-state index is 0.0731. The number of hydrogen-bond donors (Lipinski definition) is 2. The van der Waals surface area contributed by atoms with Gasteiger partial charge in [0.25, 0.3) is 5.91 Å². The van der Waals surface area contributed by atoms with Gasteiger partial charge in [-0.2, -0.15) is 0 Å². The van der Waals surface area contributed by atoms with E-state index in [1.54, 1.807) is 6.07 Å². The van der Waals surface area contributed by atoms with Crippen molar-refractivity contribution in [3.63, 3.8) is 0 Å². The molecule has 0 aromatic heterocycles. The topological polar surface area (TPSA) is 91.0 Å². The molecule has 3 aliphatic rings. The van der Waals surface area contributed by atoms with Gasteiger partial charge in [-0.25, -0.2) is 4.79 Å². The van der Waals surface area contributed by atoms with E-state index in [9.17, 15) is 14.4 Å². The number of nitrogens with one attached hydrogen (secondary N) is 2. The predicted octanol–water partition coefficient (Wildman–Crippen LogP) is 1.63. The number of benzene rings is 1. The van der Waals surface area contributed by atoms with Crippen molar-refractivity contribution in [2.45, 2.75) is 31.2 Å². The van der Waals surface area contributed by atoms with Crippen LogP contribution in [0.5, 0.6) is 5.75 Å². The fraction of sp³-hybridized carbons (Fsp3) is 0.571. The minimum Gasteiger partial charge on any atom is -0.491 e. The number of imide groups is 1. The van der Waals surface area contributed by atoms with Crippen molar-refractivity contribution in [1.29, 1.82) is 0 Å². The number of hydrogen-bond acceptors (Lipinski definition) is 5. The maximum absolute atomic E-state index is 12.9. The first kappa shape index (κ1) is 20.9. The number of ether oxygens (including phenoxy) is 1. The van der Waals surface area contributed by atoms with Crippen molar-refractivity contribution in [2.24, 2.45) is 5.92 Å². The molecule has 1 saturated carbocycles. The average Bonchev–Trinajstić information content (AvgIpc) is 3.02. The fourth-order valence-corrected chi connectivity index (χ4v) is 4.72. The Morgan fingerprint density at radius 1 is 1.13 bits per heavy atom. The first-order valence-corrected chi connectivity index (χ1v) is 10.9. The van der Waals surface area contributed by atoms with Gasteiger partial charge < -0.3 is 15.0 Å². The molecule has 2 heterocycles. The highest BCUT2D eigenvalue weighted by molar-refractivity contribution is 6.32. The second kappa shape index (κ2) is 8.81. The summed E-state index contributed by atoms with van der Waals surface area (Å²) < 4.78 is 5.75. The Morgan fingerprint density at radius 3 is 2.47 bits per heavy atom. The molecule has 4 amide bonds. The van der Waals surface area contributed by atoms with Gasteiger partial charge in [-0.15, -0.1) is 0 Å². The lowest BCUT2D eigenvalue weighted by Crippen LogP contribution is -2.54. The highest BCUT2D eigenvalue weighted by Crippen LogP contribution is 2.35. The third-order valence-electron chi connectivity index (χ3n) is 6.39. The summed E-state index contributed by atoms with van der Waals surface area (Å²) in [5.41, 5.74) is -0.811. The lowest BCUT2D eigenvalue weighted by Gasteiger charge is -2.39. The van der Waals surface area contributed by atoms with Crippen molar-refractivity contribution >= 4 is 29.4 Å². The van der Waals surface area contributed by atoms with Crippen LogP contribution in [0.15, 0.2) is 24.3 Å². The number of rotatable bonds is 5. The molecule has 0 bridgehead atoms. The number of carbonyl (C=O) groups excluding carboxylic acids is 3. The van der Waals surface area contributed by atoms with Crippen LogP contribution >= 0.6 is 11.6 Å². The SMILES string of the molecule is O=C1NC(=O)C2(CCC(C(=O)N3CCN(CCOc4ccccc4Cl)CC3)CC2)N1. The highest BCUT2D eigenvalue weighted by Gasteiger charge is 2.49. The van der Waals surface area contributed by atoms with Gasteiger partial charge in [0.2, 0.25) is 5.91 Å². The molecule has 2 saturated heterocycles. The van der Waals surface area contributed by atoms with E-state index >= 15 is 0 Å². The van der Waals surface area contributed by atoms with Crippen molar-refractivity contribution in [3.05, 3.63) is 29.3 Å². The Hall–Kier alpha value is -2.32. The van der Waals surface area contributed by atoms with E-state index < -0.39 is 11.6 Å². The van der Waals surface area contributed by atoms with Gasteiger partial charge in [-0.1, -0.05) is 23.7 Å². The zero-order valence-corrected chi connectivity index (χ0v) is 17.6. The lowest BCUT2D eigenvalue weighted by molar-refractivity contribution is -0.140. The molecular formula is C21H27ClN4O4. The molecule has 162 valence electrons. The van der Waals surface area contributed by atoms with Crippen molar-refractivity contribution in [3.8, 4) is 5.75 Å². The molecule has 2 aliphatic heterocycles. The predicted molar refractivity (Wildman–Crippen MR) is 111 cm³/mol. The number of carbonyl (C=O) groups is 3. The number of nitrogens with zero attached hydrogens (tertiary/aromatic N) is 2. The van der Waals surface area contributed by atoms with E-state index in [1.165, 1.54) is 0 Å². The Morgan fingerprint density at radius 2 is 1.83 bits per heavy atom. The van der Waals surface area contributed by atoms with E-state index in [0.717, 1.165) is 19.6 Å². The second-order valence-electron chi connectivity index (χ2n) is 8.21. The normalized spacial score (nSPS) is 27.1. The molecule has 1 spiro atoms. The maximum atomic E-state index is 12.9. The molecule has 9 heteroatoms. The van der Waals surface area contributed by atoms with Gasteiger partial charge in [0.15, 0.2) is 0 Å². The monoisotopic (exact) mass is 434 g/mol. The van der Waals surface area contributed by atoms with Crippen LogP contribution in [-0.2, 0) is 9.59 Å². The fourth-order valence-electron chi connectivity index (χ4n) is 4.53. The van der Waals surface area contributed by atoms with E-state index in [0.29, 0.717) is 56.2 Å². The Bertz CT molecular complexity index is 817. The number of para-hydroxylation sites is 1. The summed E-state index contributed by atoms with van der Waals surface area (Å²) in [6, 6.07) is 7.00. The quantitative estimate of drug-likeness (QED) is 0.687. The van der Waals surface area contributed by atoms with Gasteiger partial charge >= 0.3 is 6.03 Å². The largest absolute Gasteiger partial charge is 0.491 e. The Labute approximate surface area is 180 Å². The summed E-state index contributed by atoms with van der Waals surface area (Å²) in [7, 11) is 0. The molecule has 2 N–H and O–H groups in total. The summed E-state index contributed by atoms with van der Waals surface area (Å²) in [5, 5.41) is 5.67. The van der Waals surface area contributed by atoms with E-state index in [4.69, 9.17) is 16.3 Å². The first-order valence-electron chi connectivity index (χ1n) is 10.5. The molecule has 0 atom stereocenters. The smallest absolute Gasteiger partial charge is 0.322 e. The molecule has 1 aromatic rings. The van der Waals surface area contributed by atoms with Gasteiger partial charge in [0, 0.05) is 38.6 Å². The van der Waals surface area contributed by atoms with Crippen LogP contribution in [0.25, 0.3) is 0 Å². The van der Waals surface area contributed by atoms with Gasteiger partial charge in [0.05, 0.1) is 5.02 Å². The molecule has 30 heavy (non-hydrogen) atoms. The second-order valence-corrected chi connectivity index (χ2v) is 8.62. The van der Waals surface area contributed by atoms with E-state index in [2.05, 4.69) is 15.5 Å². The van der Waals surface area contributed by atoms with Gasteiger partial charge in [-0.05, 0) is 37.8 Å². The zero-order chi connectivity index (χ0) is 21.1. The van der Waals surface area contributed by atoms with Crippen molar-refractivity contribution in [1.82, 2.24) is 20.4 Å². The summed E-state index contributed by atoms with van der Waals surface area (Å²) in [6.07, 6.45) is 2.28. The highest BCUT2D eigenvalue weighted by atomic mass is 35.5. The molecule has 4 rings (SSSR count). The summed E-state index contributed by atoms with van der Waals surface area (Å²) >= 11 is 6.10. The van der Waals surface area contributed by atoms with Crippen LogP contribution < -0.4 is 15.4 Å². The van der Waals surface area contributed by atoms with Crippen LogP contribution in [0, 0.1) is 5.92 Å². The summed E-state index contributed by atoms with van der Waals surface area (Å²) in [4.78, 5) is 40.7. The van der Waals surface area contributed by atoms with E-state index in [1.807, 2.05) is 23.1 Å². The molecule has 3 fully saturated rings. The first-order chi connectivity index (χ1) is 14.5. The molecule has 8 nitrogen and oxygen atoms in total. The number of amides is 4.